The summed E-state index contributed by atoms with van der Waals surface area (Å²) in [6.45, 7) is -0.458. The van der Waals surface area contributed by atoms with E-state index in [2.05, 4.69) is 0 Å². The highest BCUT2D eigenvalue weighted by molar-refractivity contribution is 7.91. The number of amides is 1. The van der Waals surface area contributed by atoms with E-state index in [0.717, 1.165) is 32.1 Å². The first-order valence-electron chi connectivity index (χ1n) is 9.34. The number of hydrogen-bond acceptors (Lipinski definition) is 6. The summed E-state index contributed by atoms with van der Waals surface area (Å²) >= 11 is 0. The van der Waals surface area contributed by atoms with Gasteiger partial charge in [-0.3, -0.25) is 4.79 Å². The molecule has 0 radical (unpaired) electrons. The number of esters is 1. The largest absolute Gasteiger partial charge is 0.507 e. The SMILES string of the molecule is O=C(OCC(=O)N(C1CCCCC1)[C@@H]1CCS(=O)(=O)C1)c1ccccc1O. The summed E-state index contributed by atoms with van der Waals surface area (Å²) < 4.78 is 28.9. The highest BCUT2D eigenvalue weighted by atomic mass is 32.2. The van der Waals surface area contributed by atoms with E-state index in [-0.39, 0.29) is 40.8 Å². The maximum Gasteiger partial charge on any atom is 0.342 e. The normalized spacial score (nSPS) is 22.3. The van der Waals surface area contributed by atoms with Crippen molar-refractivity contribution in [3.05, 3.63) is 29.8 Å². The number of sulfone groups is 1. The first-order chi connectivity index (χ1) is 12.9. The van der Waals surface area contributed by atoms with Gasteiger partial charge in [-0.1, -0.05) is 31.4 Å². The predicted octanol–water partition coefficient (Wildman–Crippen LogP) is 1.90. The van der Waals surface area contributed by atoms with Crippen LogP contribution < -0.4 is 0 Å². The molecule has 27 heavy (non-hydrogen) atoms. The van der Waals surface area contributed by atoms with E-state index in [1.807, 2.05) is 0 Å². The smallest absolute Gasteiger partial charge is 0.342 e. The fraction of sp³-hybridized carbons (Fsp3) is 0.579. The molecule has 1 aromatic rings. The molecule has 148 valence electrons. The van der Waals surface area contributed by atoms with Crippen molar-refractivity contribution in [2.45, 2.75) is 50.6 Å². The number of nitrogens with zero attached hydrogens (tertiary/aromatic N) is 1. The van der Waals surface area contributed by atoms with Gasteiger partial charge in [-0.2, -0.15) is 0 Å². The molecule has 0 spiro atoms. The fourth-order valence-electron chi connectivity index (χ4n) is 3.99. The van der Waals surface area contributed by atoms with Gasteiger partial charge in [0.15, 0.2) is 16.4 Å². The van der Waals surface area contributed by atoms with Gasteiger partial charge in [-0.25, -0.2) is 13.2 Å². The summed E-state index contributed by atoms with van der Waals surface area (Å²) in [6, 6.07) is 5.61. The molecule has 1 heterocycles. The van der Waals surface area contributed by atoms with E-state index in [9.17, 15) is 23.1 Å². The van der Waals surface area contributed by atoms with Crippen LogP contribution in [0.25, 0.3) is 0 Å². The van der Waals surface area contributed by atoms with Crippen LogP contribution in [0.3, 0.4) is 0 Å². The molecule has 8 heteroatoms. The molecule has 3 rings (SSSR count). The van der Waals surface area contributed by atoms with Crippen molar-refractivity contribution in [3.63, 3.8) is 0 Å². The molecule has 2 fully saturated rings. The molecule has 7 nitrogen and oxygen atoms in total. The summed E-state index contributed by atoms with van der Waals surface area (Å²) in [6.07, 6.45) is 5.24. The Morgan fingerprint density at radius 1 is 1.07 bits per heavy atom. The Labute approximate surface area is 159 Å². The number of aromatic hydroxyl groups is 1. The van der Waals surface area contributed by atoms with Crippen LogP contribution in [-0.2, 0) is 19.4 Å². The van der Waals surface area contributed by atoms with E-state index >= 15 is 0 Å². The molecule has 2 aliphatic rings. The van der Waals surface area contributed by atoms with Crippen LogP contribution >= 0.6 is 0 Å². The Morgan fingerprint density at radius 3 is 2.41 bits per heavy atom. The van der Waals surface area contributed by atoms with E-state index in [1.54, 1.807) is 17.0 Å². The molecule has 1 N–H and O–H groups in total. The lowest BCUT2D eigenvalue weighted by atomic mass is 9.93. The molecule has 0 aromatic heterocycles. The predicted molar refractivity (Wildman–Crippen MR) is 99.2 cm³/mol. The summed E-state index contributed by atoms with van der Waals surface area (Å²) in [4.78, 5) is 26.7. The molecular weight excluding hydrogens is 370 g/mol. The minimum absolute atomic E-state index is 0.00189. The average Bonchev–Trinajstić information content (AvgIpc) is 3.00. The second kappa shape index (κ2) is 8.29. The van der Waals surface area contributed by atoms with Crippen molar-refractivity contribution in [3.8, 4) is 5.75 Å². The lowest BCUT2D eigenvalue weighted by molar-refractivity contribution is -0.140. The molecule has 1 aliphatic carbocycles. The van der Waals surface area contributed by atoms with Crippen molar-refractivity contribution in [2.24, 2.45) is 0 Å². The third kappa shape index (κ3) is 4.80. The van der Waals surface area contributed by atoms with Gasteiger partial charge in [0, 0.05) is 12.1 Å². The van der Waals surface area contributed by atoms with Gasteiger partial charge in [0.2, 0.25) is 0 Å². The van der Waals surface area contributed by atoms with Crippen LogP contribution in [-0.4, -0.2) is 60.5 Å². The minimum atomic E-state index is -3.13. The zero-order valence-corrected chi connectivity index (χ0v) is 16.0. The van der Waals surface area contributed by atoms with Crippen LogP contribution in [0, 0.1) is 0 Å². The lowest BCUT2D eigenvalue weighted by Gasteiger charge is -2.38. The van der Waals surface area contributed by atoms with Gasteiger partial charge in [-0.05, 0) is 31.4 Å². The maximum atomic E-state index is 12.9. The van der Waals surface area contributed by atoms with Crippen LogP contribution in [0.2, 0.25) is 0 Å². The zero-order valence-electron chi connectivity index (χ0n) is 15.2. The number of benzene rings is 1. The third-order valence-electron chi connectivity index (χ3n) is 5.31. The molecule has 1 aliphatic heterocycles. The van der Waals surface area contributed by atoms with E-state index in [0.29, 0.717) is 6.42 Å². The van der Waals surface area contributed by atoms with Gasteiger partial charge in [0.05, 0.1) is 11.5 Å². The van der Waals surface area contributed by atoms with Crippen LogP contribution in [0.5, 0.6) is 5.75 Å². The number of hydrogen-bond donors (Lipinski definition) is 1. The fourth-order valence-corrected chi connectivity index (χ4v) is 5.70. The van der Waals surface area contributed by atoms with E-state index in [4.69, 9.17) is 4.74 Å². The van der Waals surface area contributed by atoms with Crippen molar-refractivity contribution in [1.29, 1.82) is 0 Å². The van der Waals surface area contributed by atoms with Crippen LogP contribution in [0.1, 0.15) is 48.9 Å². The highest BCUT2D eigenvalue weighted by Gasteiger charge is 2.38. The average molecular weight is 395 g/mol. The van der Waals surface area contributed by atoms with E-state index in [1.165, 1.54) is 12.1 Å². The lowest BCUT2D eigenvalue weighted by Crippen LogP contribution is -2.50. The number of phenolic OH excluding ortho intramolecular Hbond substituents is 1. The summed E-state index contributed by atoms with van der Waals surface area (Å²) in [5.74, 6) is -1.29. The maximum absolute atomic E-state index is 12.9. The highest BCUT2D eigenvalue weighted by Crippen LogP contribution is 2.28. The molecule has 0 unspecified atom stereocenters. The molecule has 1 atom stereocenters. The molecule has 1 amide bonds. The van der Waals surface area contributed by atoms with Crippen LogP contribution in [0.4, 0.5) is 0 Å². The molecular formula is C19H25NO6S. The molecule has 0 bridgehead atoms. The standard InChI is InChI=1S/C19H25NO6S/c21-17-9-5-4-8-16(17)19(23)26-12-18(22)20(14-6-2-1-3-7-14)15-10-11-27(24,25)13-15/h4-5,8-9,14-15,21H,1-3,6-7,10-13H2/t15-/m1/s1. The Balaban J connectivity index is 1.69. The molecule has 1 saturated carbocycles. The number of carbonyl (C=O) groups is 2. The van der Waals surface area contributed by atoms with Gasteiger partial charge in [-0.15, -0.1) is 0 Å². The Morgan fingerprint density at radius 2 is 1.78 bits per heavy atom. The summed E-state index contributed by atoms with van der Waals surface area (Å²) in [7, 11) is -3.13. The van der Waals surface area contributed by atoms with Gasteiger partial charge in [0.1, 0.15) is 11.3 Å². The van der Waals surface area contributed by atoms with Crippen molar-refractivity contribution < 1.29 is 27.9 Å². The number of ether oxygens (including phenoxy) is 1. The van der Waals surface area contributed by atoms with Gasteiger partial charge < -0.3 is 14.7 Å². The van der Waals surface area contributed by atoms with Crippen molar-refractivity contribution in [1.82, 2.24) is 4.90 Å². The van der Waals surface area contributed by atoms with Gasteiger partial charge in [0.25, 0.3) is 5.91 Å². The Kier molecular flexibility index (Phi) is 6.04. The van der Waals surface area contributed by atoms with Crippen LogP contribution in [0.15, 0.2) is 24.3 Å². The van der Waals surface area contributed by atoms with Gasteiger partial charge >= 0.3 is 5.97 Å². The quantitative estimate of drug-likeness (QED) is 0.764. The first kappa shape index (κ1) is 19.7. The first-order valence-corrected chi connectivity index (χ1v) is 11.2. The number of para-hydroxylation sites is 1. The molecule has 1 saturated heterocycles. The number of phenols is 1. The summed E-state index contributed by atoms with van der Waals surface area (Å²) in [5, 5.41) is 9.73. The Bertz CT molecular complexity index is 800. The monoisotopic (exact) mass is 395 g/mol. The topological polar surface area (TPSA) is 101 Å². The van der Waals surface area contributed by atoms with Crippen molar-refractivity contribution in [2.75, 3.05) is 18.1 Å². The molecule has 1 aromatic carbocycles. The van der Waals surface area contributed by atoms with E-state index < -0.39 is 22.4 Å². The minimum Gasteiger partial charge on any atom is -0.507 e. The summed E-state index contributed by atoms with van der Waals surface area (Å²) in [5.41, 5.74) is -0.00189. The second-order valence-corrected chi connectivity index (χ2v) is 9.47. The second-order valence-electron chi connectivity index (χ2n) is 7.24. The zero-order chi connectivity index (χ0) is 19.4. The number of carbonyl (C=O) groups excluding carboxylic acids is 2. The number of rotatable bonds is 5. The third-order valence-corrected chi connectivity index (χ3v) is 7.06. The van der Waals surface area contributed by atoms with Crippen molar-refractivity contribution >= 4 is 21.7 Å². The Hall–Kier alpha value is -2.09.